The van der Waals surface area contributed by atoms with Crippen LogP contribution < -0.4 is 0 Å². The van der Waals surface area contributed by atoms with Gasteiger partial charge in [0.25, 0.3) is 0 Å². The topological polar surface area (TPSA) is 83.6 Å². The van der Waals surface area contributed by atoms with Crippen LogP contribution in [0.5, 0.6) is 0 Å². The number of carboxylic acid groups (broad SMARTS) is 1. The van der Waals surface area contributed by atoms with Crippen LogP contribution in [0.2, 0.25) is 0 Å². The molecule has 1 unspecified atom stereocenters. The zero-order valence-corrected chi connectivity index (χ0v) is 15.5. The average Bonchev–Trinajstić information content (AvgIpc) is 3.29. The van der Waals surface area contributed by atoms with Gasteiger partial charge in [-0.1, -0.05) is 24.3 Å². The molecule has 27 heavy (non-hydrogen) atoms. The normalized spacial score (nSPS) is 16.2. The molecule has 1 N–H and O–H groups in total. The summed E-state index contributed by atoms with van der Waals surface area (Å²) in [5.41, 5.74) is 2.30. The van der Waals surface area contributed by atoms with E-state index in [-0.39, 0.29) is 12.3 Å². The number of aliphatic carboxylic acids is 1. The zero-order valence-electron chi connectivity index (χ0n) is 14.7. The lowest BCUT2D eigenvalue weighted by atomic mass is 9.92. The Hall–Kier alpha value is -2.93. The Labute approximate surface area is 160 Å². The Morgan fingerprint density at radius 1 is 1.30 bits per heavy atom. The average molecular weight is 382 g/mol. The van der Waals surface area contributed by atoms with E-state index in [4.69, 9.17) is 4.42 Å². The number of amides is 1. The summed E-state index contributed by atoms with van der Waals surface area (Å²) in [4.78, 5) is 30.6. The highest BCUT2D eigenvalue weighted by Crippen LogP contribution is 2.31. The van der Waals surface area contributed by atoms with E-state index in [2.05, 4.69) is 4.98 Å². The molecule has 4 rings (SSSR count). The van der Waals surface area contributed by atoms with Crippen LogP contribution >= 0.6 is 11.3 Å². The molecule has 0 spiro atoms. The number of hydrogen-bond acceptors (Lipinski definition) is 5. The number of thiazole rings is 1. The van der Waals surface area contributed by atoms with Crippen molar-refractivity contribution in [2.24, 2.45) is 0 Å². The second kappa shape index (κ2) is 7.00. The van der Waals surface area contributed by atoms with Crippen molar-refractivity contribution in [2.45, 2.75) is 25.8 Å². The lowest BCUT2D eigenvalue weighted by Gasteiger charge is -2.34. The van der Waals surface area contributed by atoms with Gasteiger partial charge >= 0.3 is 5.97 Å². The molecule has 0 aliphatic carbocycles. The van der Waals surface area contributed by atoms with Gasteiger partial charge in [0.15, 0.2) is 16.8 Å². The highest BCUT2D eigenvalue weighted by molar-refractivity contribution is 7.13. The Kier molecular flexibility index (Phi) is 4.53. The number of hydrogen-bond donors (Lipinski definition) is 1. The predicted octanol–water partition coefficient (Wildman–Crippen LogP) is 3.46. The second-order valence-electron chi connectivity index (χ2n) is 6.51. The van der Waals surface area contributed by atoms with Crippen molar-refractivity contribution < 1.29 is 19.1 Å². The van der Waals surface area contributed by atoms with E-state index >= 15 is 0 Å². The largest absolute Gasteiger partial charge is 0.479 e. The number of aryl methyl sites for hydroxylation is 1. The molecule has 7 heteroatoms. The number of benzene rings is 1. The quantitative estimate of drug-likeness (QED) is 0.747. The number of rotatable bonds is 4. The standard InChI is InChI=1S/C20H18N2O4S/c1-12-6-7-16(26-12)19-21-14(11-27-19)10-17(23)22-9-8-13-4-2-3-5-15(13)18(22)20(24)25/h2-7,11,18H,8-10H2,1H3,(H,24,25). The molecular formula is C20H18N2O4S. The number of nitrogens with zero attached hydrogens (tertiary/aromatic N) is 2. The van der Waals surface area contributed by atoms with Crippen LogP contribution in [0, 0.1) is 6.92 Å². The van der Waals surface area contributed by atoms with Gasteiger partial charge in [0.05, 0.1) is 12.1 Å². The lowest BCUT2D eigenvalue weighted by molar-refractivity contribution is -0.151. The number of fused-ring (bicyclic) bond motifs is 1. The molecule has 0 saturated carbocycles. The first-order valence-corrected chi connectivity index (χ1v) is 9.52. The monoisotopic (exact) mass is 382 g/mol. The first kappa shape index (κ1) is 17.5. The predicted molar refractivity (Wildman–Crippen MR) is 100 cm³/mol. The van der Waals surface area contributed by atoms with E-state index in [9.17, 15) is 14.7 Å². The molecule has 3 aromatic rings. The number of carbonyl (C=O) groups is 2. The fourth-order valence-corrected chi connectivity index (χ4v) is 4.19. The summed E-state index contributed by atoms with van der Waals surface area (Å²) in [7, 11) is 0. The van der Waals surface area contributed by atoms with Crippen LogP contribution in [0.15, 0.2) is 46.2 Å². The minimum Gasteiger partial charge on any atom is -0.479 e. The molecule has 1 amide bonds. The van der Waals surface area contributed by atoms with E-state index in [0.717, 1.165) is 11.3 Å². The zero-order chi connectivity index (χ0) is 19.0. The van der Waals surface area contributed by atoms with Gasteiger partial charge in [0.2, 0.25) is 5.91 Å². The maximum atomic E-state index is 12.8. The first-order chi connectivity index (χ1) is 13.0. The Morgan fingerprint density at radius 2 is 2.11 bits per heavy atom. The molecule has 1 aliphatic heterocycles. The van der Waals surface area contributed by atoms with Gasteiger partial charge in [-0.25, -0.2) is 9.78 Å². The summed E-state index contributed by atoms with van der Waals surface area (Å²) in [6, 6.07) is 10.2. The summed E-state index contributed by atoms with van der Waals surface area (Å²) < 4.78 is 5.57. The number of furan rings is 1. The van der Waals surface area contributed by atoms with Crippen LogP contribution in [0.3, 0.4) is 0 Å². The lowest BCUT2D eigenvalue weighted by Crippen LogP contribution is -2.44. The van der Waals surface area contributed by atoms with Crippen molar-refractivity contribution in [3.63, 3.8) is 0 Å². The molecule has 3 heterocycles. The van der Waals surface area contributed by atoms with Crippen LogP contribution in [0.1, 0.15) is 28.6 Å². The minimum absolute atomic E-state index is 0.0716. The van der Waals surface area contributed by atoms with Crippen molar-refractivity contribution >= 4 is 23.2 Å². The van der Waals surface area contributed by atoms with Crippen molar-refractivity contribution in [3.05, 3.63) is 64.4 Å². The van der Waals surface area contributed by atoms with Gasteiger partial charge < -0.3 is 14.4 Å². The summed E-state index contributed by atoms with van der Waals surface area (Å²) in [6.07, 6.45) is 0.724. The van der Waals surface area contributed by atoms with Gasteiger partial charge in [-0.3, -0.25) is 4.79 Å². The van der Waals surface area contributed by atoms with E-state index in [1.165, 1.54) is 16.2 Å². The molecule has 0 radical (unpaired) electrons. The molecule has 0 saturated heterocycles. The fourth-order valence-electron chi connectivity index (χ4n) is 3.41. The molecule has 0 fully saturated rings. The molecule has 0 bridgehead atoms. The minimum atomic E-state index is -1.01. The molecule has 1 aliphatic rings. The third-order valence-corrected chi connectivity index (χ3v) is 5.58. The third-order valence-electron chi connectivity index (χ3n) is 4.67. The number of aromatic nitrogens is 1. The summed E-state index contributed by atoms with van der Waals surface area (Å²) >= 11 is 1.41. The fraction of sp³-hybridized carbons (Fsp3) is 0.250. The smallest absolute Gasteiger partial charge is 0.331 e. The molecule has 6 nitrogen and oxygen atoms in total. The van der Waals surface area contributed by atoms with Crippen LogP contribution in [0.4, 0.5) is 0 Å². The second-order valence-corrected chi connectivity index (χ2v) is 7.37. The van der Waals surface area contributed by atoms with Gasteiger partial charge in [-0.05, 0) is 36.6 Å². The summed E-state index contributed by atoms with van der Waals surface area (Å²) in [6.45, 7) is 2.25. The number of carboxylic acids is 1. The SMILES string of the molecule is Cc1ccc(-c2nc(CC(=O)N3CCc4ccccc4C3C(=O)O)cs2)o1. The van der Waals surface area contributed by atoms with Gasteiger partial charge in [-0.2, -0.15) is 0 Å². The Bertz CT molecular complexity index is 1010. The van der Waals surface area contributed by atoms with E-state index in [1.807, 2.05) is 36.6 Å². The number of carbonyl (C=O) groups excluding carboxylic acids is 1. The van der Waals surface area contributed by atoms with Gasteiger partial charge in [0, 0.05) is 11.9 Å². The third kappa shape index (κ3) is 3.38. The first-order valence-electron chi connectivity index (χ1n) is 8.64. The maximum absolute atomic E-state index is 12.8. The van der Waals surface area contributed by atoms with Gasteiger partial charge in [-0.15, -0.1) is 11.3 Å². The Morgan fingerprint density at radius 3 is 2.85 bits per heavy atom. The van der Waals surface area contributed by atoms with Crippen molar-refractivity contribution in [3.8, 4) is 10.8 Å². The molecule has 1 aromatic carbocycles. The van der Waals surface area contributed by atoms with E-state index in [1.54, 1.807) is 12.1 Å². The van der Waals surface area contributed by atoms with Crippen LogP contribution in [0.25, 0.3) is 10.8 Å². The molecular weight excluding hydrogens is 364 g/mol. The van der Waals surface area contributed by atoms with E-state index < -0.39 is 12.0 Å². The van der Waals surface area contributed by atoms with Crippen LogP contribution in [-0.2, 0) is 22.4 Å². The van der Waals surface area contributed by atoms with E-state index in [0.29, 0.717) is 35.0 Å². The van der Waals surface area contributed by atoms with Crippen molar-refractivity contribution in [1.82, 2.24) is 9.88 Å². The highest BCUT2D eigenvalue weighted by atomic mass is 32.1. The van der Waals surface area contributed by atoms with Crippen LogP contribution in [-0.4, -0.2) is 33.4 Å². The summed E-state index contributed by atoms with van der Waals surface area (Å²) in [5, 5.41) is 12.2. The molecule has 1 atom stereocenters. The van der Waals surface area contributed by atoms with Crippen molar-refractivity contribution in [1.29, 1.82) is 0 Å². The highest BCUT2D eigenvalue weighted by Gasteiger charge is 2.35. The molecule has 138 valence electrons. The maximum Gasteiger partial charge on any atom is 0.331 e. The molecule has 2 aromatic heterocycles. The van der Waals surface area contributed by atoms with Gasteiger partial charge in [0.1, 0.15) is 5.76 Å². The Balaban J connectivity index is 1.54. The van der Waals surface area contributed by atoms with Crippen molar-refractivity contribution in [2.75, 3.05) is 6.54 Å². The summed E-state index contributed by atoms with van der Waals surface area (Å²) in [5.74, 6) is 0.227.